The van der Waals surface area contributed by atoms with Crippen LogP contribution in [-0.4, -0.2) is 18.9 Å². The first kappa shape index (κ1) is 10.9. The second kappa shape index (κ2) is 4.47. The van der Waals surface area contributed by atoms with Gasteiger partial charge in [0.25, 0.3) is 0 Å². The average Bonchev–Trinajstić information content (AvgIpc) is 2.71. The van der Waals surface area contributed by atoms with Gasteiger partial charge in [-0.15, -0.1) is 0 Å². The molecule has 0 N–H and O–H groups in total. The molecule has 16 heavy (non-hydrogen) atoms. The standard InChI is InChI=1S/C13H14O3/c1-16-13(15)11-7-10(8-12(11)14)9-5-3-2-4-6-9/h2-6,10-11H,7-8H2,1H3. The first-order chi connectivity index (χ1) is 7.72. The van der Waals surface area contributed by atoms with Crippen molar-refractivity contribution in [1.29, 1.82) is 0 Å². The van der Waals surface area contributed by atoms with Crippen LogP contribution in [0.15, 0.2) is 30.3 Å². The molecule has 1 aliphatic rings. The average molecular weight is 218 g/mol. The Morgan fingerprint density at radius 3 is 2.62 bits per heavy atom. The smallest absolute Gasteiger partial charge is 0.316 e. The normalized spacial score (nSPS) is 24.4. The molecule has 2 rings (SSSR count). The maximum absolute atomic E-state index is 11.7. The molecule has 0 radical (unpaired) electrons. The van der Waals surface area contributed by atoms with E-state index in [9.17, 15) is 9.59 Å². The van der Waals surface area contributed by atoms with Crippen LogP contribution in [0.3, 0.4) is 0 Å². The SMILES string of the molecule is COC(=O)C1CC(c2ccccc2)CC1=O. The molecule has 0 saturated heterocycles. The summed E-state index contributed by atoms with van der Waals surface area (Å²) in [7, 11) is 1.32. The van der Waals surface area contributed by atoms with Crippen molar-refractivity contribution in [3.63, 3.8) is 0 Å². The van der Waals surface area contributed by atoms with Crippen LogP contribution < -0.4 is 0 Å². The highest BCUT2D eigenvalue weighted by Crippen LogP contribution is 2.36. The molecule has 0 heterocycles. The van der Waals surface area contributed by atoms with Crippen LogP contribution in [0.25, 0.3) is 0 Å². The van der Waals surface area contributed by atoms with Crippen LogP contribution in [0.5, 0.6) is 0 Å². The lowest BCUT2D eigenvalue weighted by molar-refractivity contribution is -0.148. The Bertz CT molecular complexity index is 397. The molecule has 0 spiro atoms. The lowest BCUT2D eigenvalue weighted by atomic mass is 9.96. The van der Waals surface area contributed by atoms with E-state index in [0.29, 0.717) is 12.8 Å². The molecule has 0 aliphatic heterocycles. The topological polar surface area (TPSA) is 43.4 Å². The summed E-state index contributed by atoms with van der Waals surface area (Å²) in [6, 6.07) is 9.84. The number of esters is 1. The molecule has 1 saturated carbocycles. The third kappa shape index (κ3) is 1.98. The zero-order valence-corrected chi connectivity index (χ0v) is 9.18. The maximum Gasteiger partial charge on any atom is 0.316 e. The fraction of sp³-hybridized carbons (Fsp3) is 0.385. The quantitative estimate of drug-likeness (QED) is 0.562. The number of carbonyl (C=O) groups is 2. The van der Waals surface area contributed by atoms with Crippen LogP contribution in [-0.2, 0) is 14.3 Å². The zero-order chi connectivity index (χ0) is 11.5. The van der Waals surface area contributed by atoms with Gasteiger partial charge in [-0.25, -0.2) is 0 Å². The number of ether oxygens (including phenoxy) is 1. The second-order valence-electron chi connectivity index (χ2n) is 4.09. The van der Waals surface area contributed by atoms with E-state index in [1.54, 1.807) is 0 Å². The van der Waals surface area contributed by atoms with Gasteiger partial charge in [-0.2, -0.15) is 0 Å². The Kier molecular flexibility index (Phi) is 3.04. The first-order valence-corrected chi connectivity index (χ1v) is 5.38. The van der Waals surface area contributed by atoms with Crippen LogP contribution in [0.4, 0.5) is 0 Å². The molecule has 3 nitrogen and oxygen atoms in total. The molecule has 84 valence electrons. The van der Waals surface area contributed by atoms with Crippen molar-refractivity contribution >= 4 is 11.8 Å². The summed E-state index contributed by atoms with van der Waals surface area (Å²) < 4.78 is 4.63. The first-order valence-electron chi connectivity index (χ1n) is 5.38. The molecule has 2 atom stereocenters. The Hall–Kier alpha value is -1.64. The Morgan fingerprint density at radius 1 is 1.31 bits per heavy atom. The molecular formula is C13H14O3. The largest absolute Gasteiger partial charge is 0.468 e. The second-order valence-corrected chi connectivity index (χ2v) is 4.09. The van der Waals surface area contributed by atoms with Crippen LogP contribution in [0, 0.1) is 5.92 Å². The van der Waals surface area contributed by atoms with Gasteiger partial charge >= 0.3 is 5.97 Å². The molecule has 0 aromatic heterocycles. The molecule has 1 aromatic rings. The molecule has 0 amide bonds. The van der Waals surface area contributed by atoms with E-state index in [1.807, 2.05) is 30.3 Å². The van der Waals surface area contributed by atoms with E-state index in [2.05, 4.69) is 4.74 Å². The number of ketones is 1. The predicted molar refractivity (Wildman–Crippen MR) is 58.9 cm³/mol. The number of benzene rings is 1. The summed E-state index contributed by atoms with van der Waals surface area (Å²) in [6.45, 7) is 0. The highest BCUT2D eigenvalue weighted by Gasteiger charge is 2.38. The molecule has 2 unspecified atom stereocenters. The Labute approximate surface area is 94.4 Å². The van der Waals surface area contributed by atoms with E-state index in [0.717, 1.165) is 5.56 Å². The van der Waals surface area contributed by atoms with Gasteiger partial charge in [0.1, 0.15) is 11.7 Å². The Balaban J connectivity index is 2.13. The van der Waals surface area contributed by atoms with E-state index in [4.69, 9.17) is 0 Å². The fourth-order valence-electron chi connectivity index (χ4n) is 2.23. The summed E-state index contributed by atoms with van der Waals surface area (Å²) in [5.74, 6) is -0.794. The van der Waals surface area contributed by atoms with Crippen LogP contribution in [0.2, 0.25) is 0 Å². The lowest BCUT2D eigenvalue weighted by Crippen LogP contribution is -2.19. The summed E-state index contributed by atoms with van der Waals surface area (Å²) in [6.07, 6.45) is 1.03. The molecule has 0 bridgehead atoms. The molecule has 1 aliphatic carbocycles. The molecular weight excluding hydrogens is 204 g/mol. The van der Waals surface area contributed by atoms with Crippen molar-refractivity contribution in [1.82, 2.24) is 0 Å². The molecule has 3 heteroatoms. The van der Waals surface area contributed by atoms with Crippen molar-refractivity contribution in [3.05, 3.63) is 35.9 Å². The fourth-order valence-corrected chi connectivity index (χ4v) is 2.23. The highest BCUT2D eigenvalue weighted by molar-refractivity contribution is 6.01. The van der Waals surface area contributed by atoms with Crippen molar-refractivity contribution in [2.24, 2.45) is 5.92 Å². The minimum atomic E-state index is -0.560. The van der Waals surface area contributed by atoms with E-state index in [1.165, 1.54) is 7.11 Å². The minimum absolute atomic E-state index is 0.000651. The summed E-state index contributed by atoms with van der Waals surface area (Å²) in [5.41, 5.74) is 1.13. The van der Waals surface area contributed by atoms with Gasteiger partial charge in [-0.05, 0) is 17.9 Å². The lowest BCUT2D eigenvalue weighted by Gasteiger charge is -2.08. The summed E-state index contributed by atoms with van der Waals surface area (Å²) in [5, 5.41) is 0. The van der Waals surface area contributed by atoms with Gasteiger partial charge in [0.2, 0.25) is 0 Å². The van der Waals surface area contributed by atoms with Crippen molar-refractivity contribution in [2.45, 2.75) is 18.8 Å². The monoisotopic (exact) mass is 218 g/mol. The van der Waals surface area contributed by atoms with Gasteiger partial charge in [0.15, 0.2) is 0 Å². The van der Waals surface area contributed by atoms with Crippen molar-refractivity contribution < 1.29 is 14.3 Å². The number of methoxy groups -OCH3 is 1. The highest BCUT2D eigenvalue weighted by atomic mass is 16.5. The van der Waals surface area contributed by atoms with Crippen LogP contribution in [0.1, 0.15) is 24.3 Å². The number of hydrogen-bond acceptors (Lipinski definition) is 3. The number of rotatable bonds is 2. The van der Waals surface area contributed by atoms with Gasteiger partial charge in [-0.3, -0.25) is 9.59 Å². The summed E-state index contributed by atoms with van der Waals surface area (Å²) >= 11 is 0. The van der Waals surface area contributed by atoms with Gasteiger partial charge in [0.05, 0.1) is 7.11 Å². The van der Waals surface area contributed by atoms with E-state index < -0.39 is 11.9 Å². The zero-order valence-electron chi connectivity index (χ0n) is 9.18. The molecule has 1 aromatic carbocycles. The van der Waals surface area contributed by atoms with Crippen LogP contribution >= 0.6 is 0 Å². The van der Waals surface area contributed by atoms with E-state index in [-0.39, 0.29) is 11.7 Å². The summed E-state index contributed by atoms with van der Waals surface area (Å²) in [4.78, 5) is 23.0. The maximum atomic E-state index is 11.7. The number of hydrogen-bond donors (Lipinski definition) is 0. The van der Waals surface area contributed by atoms with Gasteiger partial charge in [0, 0.05) is 6.42 Å². The number of carbonyl (C=O) groups excluding carboxylic acids is 2. The van der Waals surface area contributed by atoms with Crippen molar-refractivity contribution in [2.75, 3.05) is 7.11 Å². The van der Waals surface area contributed by atoms with Gasteiger partial charge in [-0.1, -0.05) is 30.3 Å². The third-order valence-corrected chi connectivity index (χ3v) is 3.11. The van der Waals surface area contributed by atoms with Crippen molar-refractivity contribution in [3.8, 4) is 0 Å². The van der Waals surface area contributed by atoms with Gasteiger partial charge < -0.3 is 4.74 Å². The minimum Gasteiger partial charge on any atom is -0.468 e. The predicted octanol–water partition coefficient (Wildman–Crippen LogP) is 1.92. The molecule has 1 fully saturated rings. The van der Waals surface area contributed by atoms with E-state index >= 15 is 0 Å². The number of Topliss-reactive ketones (excluding diaryl/α,β-unsaturated/α-hetero) is 1. The third-order valence-electron chi connectivity index (χ3n) is 3.11. The Morgan fingerprint density at radius 2 is 2.00 bits per heavy atom.